The van der Waals surface area contributed by atoms with Crippen LogP contribution in [0.25, 0.3) is 0 Å². The first-order chi connectivity index (χ1) is 5.90. The van der Waals surface area contributed by atoms with E-state index in [9.17, 15) is 4.79 Å². The maximum atomic E-state index is 11.4. The molecule has 4 nitrogen and oxygen atoms in total. The van der Waals surface area contributed by atoms with Crippen LogP contribution in [0.5, 0.6) is 0 Å². The molecule has 4 heteroatoms. The smallest absolute Gasteiger partial charge is 0.339 e. The second kappa shape index (κ2) is 3.27. The van der Waals surface area contributed by atoms with Crippen LogP contribution in [-0.4, -0.2) is 37.4 Å². The van der Waals surface area contributed by atoms with E-state index in [2.05, 4.69) is 10.1 Å². The maximum Gasteiger partial charge on any atom is 0.339 e. The van der Waals surface area contributed by atoms with E-state index in [0.717, 1.165) is 6.54 Å². The van der Waals surface area contributed by atoms with E-state index in [1.807, 2.05) is 13.8 Å². The molecular formula is C9H17NO3. The molecule has 0 aromatic carbocycles. The maximum absolute atomic E-state index is 11.4. The molecule has 0 bridgehead atoms. The van der Waals surface area contributed by atoms with Crippen molar-refractivity contribution >= 4 is 5.97 Å². The minimum absolute atomic E-state index is 0.318. The summed E-state index contributed by atoms with van der Waals surface area (Å²) in [7, 11) is 1.37. The number of rotatable bonds is 1. The zero-order valence-electron chi connectivity index (χ0n) is 8.64. The lowest BCUT2D eigenvalue weighted by atomic mass is 9.99. The first kappa shape index (κ1) is 10.5. The highest BCUT2D eigenvalue weighted by Crippen LogP contribution is 2.24. The SMILES string of the molecule is COC(=O)C1(C)CNCC(C)(C)O1. The van der Waals surface area contributed by atoms with Crippen LogP contribution >= 0.6 is 0 Å². The largest absolute Gasteiger partial charge is 0.467 e. The number of nitrogens with one attached hydrogen (secondary N) is 1. The molecule has 0 radical (unpaired) electrons. The van der Waals surface area contributed by atoms with Crippen LogP contribution in [0, 0.1) is 0 Å². The molecule has 0 spiro atoms. The molecule has 1 fully saturated rings. The Kier molecular flexibility index (Phi) is 2.63. The third kappa shape index (κ3) is 2.19. The minimum Gasteiger partial charge on any atom is -0.467 e. The van der Waals surface area contributed by atoms with Crippen LogP contribution < -0.4 is 5.32 Å². The van der Waals surface area contributed by atoms with Crippen molar-refractivity contribution in [1.29, 1.82) is 0 Å². The molecule has 1 atom stereocenters. The number of morpholine rings is 1. The van der Waals surface area contributed by atoms with Crippen LogP contribution in [0.15, 0.2) is 0 Å². The third-order valence-corrected chi connectivity index (χ3v) is 2.13. The Morgan fingerprint density at radius 3 is 2.46 bits per heavy atom. The van der Waals surface area contributed by atoms with Gasteiger partial charge in [0.25, 0.3) is 0 Å². The number of hydrogen-bond donors (Lipinski definition) is 1. The highest BCUT2D eigenvalue weighted by atomic mass is 16.6. The second-order valence-corrected chi connectivity index (χ2v) is 4.19. The summed E-state index contributed by atoms with van der Waals surface area (Å²) < 4.78 is 10.4. The number of carbonyl (C=O) groups excluding carboxylic acids is 1. The van der Waals surface area contributed by atoms with Crippen LogP contribution in [0.1, 0.15) is 20.8 Å². The van der Waals surface area contributed by atoms with E-state index in [0.29, 0.717) is 6.54 Å². The molecule has 1 aliphatic heterocycles. The highest BCUT2D eigenvalue weighted by molar-refractivity contribution is 5.79. The molecule has 0 amide bonds. The Morgan fingerprint density at radius 2 is 2.00 bits per heavy atom. The van der Waals surface area contributed by atoms with Gasteiger partial charge in [-0.15, -0.1) is 0 Å². The van der Waals surface area contributed by atoms with Gasteiger partial charge in [-0.2, -0.15) is 0 Å². The highest BCUT2D eigenvalue weighted by Gasteiger charge is 2.43. The molecule has 1 unspecified atom stereocenters. The van der Waals surface area contributed by atoms with Gasteiger partial charge in [0.2, 0.25) is 0 Å². The second-order valence-electron chi connectivity index (χ2n) is 4.19. The first-order valence-corrected chi connectivity index (χ1v) is 4.39. The van der Waals surface area contributed by atoms with Crippen molar-refractivity contribution < 1.29 is 14.3 Å². The van der Waals surface area contributed by atoms with E-state index in [4.69, 9.17) is 4.74 Å². The van der Waals surface area contributed by atoms with Crippen LogP contribution in [0.2, 0.25) is 0 Å². The average Bonchev–Trinajstić information content (AvgIpc) is 2.00. The molecule has 1 aliphatic rings. The number of esters is 1. The lowest BCUT2D eigenvalue weighted by Crippen LogP contribution is -2.60. The van der Waals surface area contributed by atoms with Gasteiger partial charge < -0.3 is 14.8 Å². The monoisotopic (exact) mass is 187 g/mol. The Balaban J connectivity index is 2.74. The Morgan fingerprint density at radius 1 is 1.38 bits per heavy atom. The fraction of sp³-hybridized carbons (Fsp3) is 0.889. The van der Waals surface area contributed by atoms with Crippen LogP contribution in [0.4, 0.5) is 0 Å². The van der Waals surface area contributed by atoms with Gasteiger partial charge >= 0.3 is 5.97 Å². The van der Waals surface area contributed by atoms with Crippen LogP contribution in [-0.2, 0) is 14.3 Å². The van der Waals surface area contributed by atoms with Crippen LogP contribution in [0.3, 0.4) is 0 Å². The summed E-state index contributed by atoms with van der Waals surface area (Å²) in [5.74, 6) is -0.326. The molecular weight excluding hydrogens is 170 g/mol. The van der Waals surface area contributed by atoms with E-state index < -0.39 is 5.60 Å². The molecule has 1 heterocycles. The minimum atomic E-state index is -0.851. The van der Waals surface area contributed by atoms with E-state index in [1.165, 1.54) is 7.11 Å². The normalized spacial score (nSPS) is 32.6. The summed E-state index contributed by atoms with van der Waals surface area (Å²) in [6.07, 6.45) is 0. The zero-order chi connectivity index (χ0) is 10.1. The van der Waals surface area contributed by atoms with E-state index in [1.54, 1.807) is 6.92 Å². The molecule has 76 valence electrons. The van der Waals surface area contributed by atoms with Crippen molar-refractivity contribution in [2.24, 2.45) is 0 Å². The Labute approximate surface area is 78.6 Å². The summed E-state index contributed by atoms with van der Waals surface area (Å²) >= 11 is 0. The van der Waals surface area contributed by atoms with E-state index >= 15 is 0 Å². The van der Waals surface area contributed by atoms with Crippen molar-refractivity contribution in [3.8, 4) is 0 Å². The third-order valence-electron chi connectivity index (χ3n) is 2.13. The molecule has 0 aliphatic carbocycles. The molecule has 1 rings (SSSR count). The van der Waals surface area contributed by atoms with Gasteiger partial charge in [-0.25, -0.2) is 4.79 Å². The molecule has 0 aromatic heterocycles. The molecule has 1 N–H and O–H groups in total. The van der Waals surface area contributed by atoms with Crippen molar-refractivity contribution in [1.82, 2.24) is 5.32 Å². The van der Waals surface area contributed by atoms with Crippen molar-refractivity contribution in [2.45, 2.75) is 32.0 Å². The van der Waals surface area contributed by atoms with Gasteiger partial charge in [-0.1, -0.05) is 0 Å². The Hall–Kier alpha value is -0.610. The molecule has 13 heavy (non-hydrogen) atoms. The predicted octanol–water partition coefficient (Wildman–Crippen LogP) is 0.316. The fourth-order valence-corrected chi connectivity index (χ4v) is 1.61. The van der Waals surface area contributed by atoms with Gasteiger partial charge in [0.1, 0.15) is 0 Å². The summed E-state index contributed by atoms with van der Waals surface area (Å²) in [5, 5.41) is 3.16. The number of carbonyl (C=O) groups is 1. The molecule has 1 saturated heterocycles. The van der Waals surface area contributed by atoms with Gasteiger partial charge in [-0.3, -0.25) is 0 Å². The van der Waals surface area contributed by atoms with Crippen molar-refractivity contribution in [2.75, 3.05) is 20.2 Å². The summed E-state index contributed by atoms with van der Waals surface area (Å²) in [6, 6.07) is 0. The first-order valence-electron chi connectivity index (χ1n) is 4.39. The number of ether oxygens (including phenoxy) is 2. The molecule has 0 aromatic rings. The van der Waals surface area contributed by atoms with Gasteiger partial charge in [0.05, 0.1) is 12.7 Å². The topological polar surface area (TPSA) is 47.6 Å². The van der Waals surface area contributed by atoms with Gasteiger partial charge in [0.15, 0.2) is 5.60 Å². The standard InChI is InChI=1S/C9H17NO3/c1-8(2)5-10-6-9(3,13-8)7(11)12-4/h10H,5-6H2,1-4H3. The lowest BCUT2D eigenvalue weighted by molar-refractivity contribution is -0.194. The number of hydrogen-bond acceptors (Lipinski definition) is 4. The van der Waals surface area contributed by atoms with Crippen molar-refractivity contribution in [3.05, 3.63) is 0 Å². The summed E-state index contributed by atoms with van der Waals surface area (Å²) in [5.41, 5.74) is -1.17. The van der Waals surface area contributed by atoms with Crippen molar-refractivity contribution in [3.63, 3.8) is 0 Å². The lowest BCUT2D eigenvalue weighted by Gasteiger charge is -2.41. The summed E-state index contributed by atoms with van der Waals surface area (Å²) in [4.78, 5) is 11.4. The van der Waals surface area contributed by atoms with Gasteiger partial charge in [-0.05, 0) is 20.8 Å². The predicted molar refractivity (Wildman–Crippen MR) is 48.5 cm³/mol. The quantitative estimate of drug-likeness (QED) is 0.600. The van der Waals surface area contributed by atoms with E-state index in [-0.39, 0.29) is 11.6 Å². The zero-order valence-corrected chi connectivity index (χ0v) is 8.64. The molecule has 0 saturated carbocycles. The fourth-order valence-electron chi connectivity index (χ4n) is 1.61. The van der Waals surface area contributed by atoms with Gasteiger partial charge in [0, 0.05) is 13.1 Å². The summed E-state index contributed by atoms with van der Waals surface area (Å²) in [6.45, 7) is 6.89. The Bertz CT molecular complexity index is 215. The number of methoxy groups -OCH3 is 1. The average molecular weight is 187 g/mol.